The number of nitrogens with one attached hydrogen (secondary N) is 1. The maximum atomic E-state index is 13.6. The quantitative estimate of drug-likeness (QED) is 0.230. The fourth-order valence-electron chi connectivity index (χ4n) is 5.45. The number of pyridine rings is 1. The maximum absolute atomic E-state index is 13.6. The lowest BCUT2D eigenvalue weighted by Gasteiger charge is -2.27. The van der Waals surface area contributed by atoms with Gasteiger partial charge in [0.1, 0.15) is 5.82 Å². The molecule has 0 fully saturated rings. The first-order valence-electron chi connectivity index (χ1n) is 13.7. The molecule has 3 aromatic carbocycles. The van der Waals surface area contributed by atoms with Crippen molar-refractivity contribution in [2.45, 2.75) is 26.4 Å². The smallest absolute Gasteiger partial charge is 0.326 e. The summed E-state index contributed by atoms with van der Waals surface area (Å²) in [4.78, 5) is 19.5. The van der Waals surface area contributed by atoms with E-state index in [1.165, 1.54) is 35.5 Å². The van der Waals surface area contributed by atoms with Crippen LogP contribution in [0.25, 0.3) is 28.1 Å². The summed E-state index contributed by atoms with van der Waals surface area (Å²) in [6.07, 6.45) is 6.42. The van der Waals surface area contributed by atoms with Crippen LogP contribution in [0.2, 0.25) is 0 Å². The van der Waals surface area contributed by atoms with Gasteiger partial charge in [-0.05, 0) is 71.1 Å². The van der Waals surface area contributed by atoms with E-state index < -0.39 is 5.95 Å². The molecule has 0 bridgehead atoms. The molecule has 1 amide bonds. The Balaban J connectivity index is 1.31. The van der Waals surface area contributed by atoms with Gasteiger partial charge in [0, 0.05) is 49.9 Å². The molecule has 0 aliphatic carbocycles. The molecule has 0 saturated heterocycles. The van der Waals surface area contributed by atoms with Crippen molar-refractivity contribution in [3.05, 3.63) is 131 Å². The van der Waals surface area contributed by atoms with Crippen LogP contribution >= 0.6 is 0 Å². The Morgan fingerprint density at radius 2 is 1.76 bits per heavy atom. The Morgan fingerprint density at radius 1 is 0.976 bits per heavy atom. The molecule has 2 aromatic heterocycles. The number of hydrogen-bond donors (Lipinski definition) is 1. The fraction of sp³-hybridized carbons (Fsp3) is 0.176. The van der Waals surface area contributed by atoms with Crippen LogP contribution in [-0.2, 0) is 19.5 Å². The number of aryl methyl sites for hydroxylation is 1. The van der Waals surface area contributed by atoms with E-state index >= 15 is 0 Å². The Morgan fingerprint density at radius 3 is 2.54 bits per heavy atom. The number of halogens is 2. The second-order valence-corrected chi connectivity index (χ2v) is 10.4. The first-order chi connectivity index (χ1) is 19.9. The summed E-state index contributed by atoms with van der Waals surface area (Å²) in [5.41, 5.74) is 7.82. The third-order valence-electron chi connectivity index (χ3n) is 7.59. The number of carbonyl (C=O) groups excluding carboxylic acids is 1. The number of carbonyl (C=O) groups is 1. The van der Waals surface area contributed by atoms with E-state index in [1.807, 2.05) is 12.1 Å². The Hall–Kier alpha value is -4.62. The lowest BCUT2D eigenvalue weighted by molar-refractivity contribution is 0.240. The Labute approximate surface area is 237 Å². The van der Waals surface area contributed by atoms with Crippen molar-refractivity contribution < 1.29 is 13.6 Å². The van der Waals surface area contributed by atoms with Crippen LogP contribution in [-0.4, -0.2) is 33.6 Å². The van der Waals surface area contributed by atoms with Gasteiger partial charge in [0.25, 0.3) is 0 Å². The molecule has 1 aliphatic heterocycles. The largest absolute Gasteiger partial charge is 0.333 e. The van der Waals surface area contributed by atoms with E-state index in [1.54, 1.807) is 22.8 Å². The first kappa shape index (κ1) is 26.6. The standard InChI is InChI=1S/C34H30F2N4O/c1-23-4-6-24(7-5-23)3-2-17-39-18-15-32-30(22-39)29-20-27(26-8-11-28(35)12-9-26)10-13-31(29)40(32)34(41)38-21-25-14-16-37-33(36)19-25/h2-14,16,19-20H,15,17-18,21-22H2,1H3,(H,38,41)/b3-2+. The number of aromatic nitrogens is 2. The van der Waals surface area contributed by atoms with E-state index in [-0.39, 0.29) is 18.4 Å². The van der Waals surface area contributed by atoms with E-state index in [9.17, 15) is 13.6 Å². The van der Waals surface area contributed by atoms with Gasteiger partial charge in [-0.2, -0.15) is 4.39 Å². The van der Waals surface area contributed by atoms with E-state index in [0.717, 1.165) is 46.4 Å². The van der Waals surface area contributed by atoms with Crippen LogP contribution in [0.15, 0.2) is 91.1 Å². The highest BCUT2D eigenvalue weighted by Crippen LogP contribution is 2.34. The van der Waals surface area contributed by atoms with Crippen molar-refractivity contribution in [3.63, 3.8) is 0 Å². The molecule has 0 radical (unpaired) electrons. The van der Waals surface area contributed by atoms with Gasteiger partial charge < -0.3 is 5.32 Å². The molecule has 5 aromatic rings. The topological polar surface area (TPSA) is 50.2 Å². The maximum Gasteiger partial charge on any atom is 0.326 e. The average molecular weight is 549 g/mol. The second-order valence-electron chi connectivity index (χ2n) is 10.4. The second kappa shape index (κ2) is 11.5. The Kier molecular flexibility index (Phi) is 7.44. The van der Waals surface area contributed by atoms with E-state index in [0.29, 0.717) is 18.5 Å². The molecule has 1 aliphatic rings. The summed E-state index contributed by atoms with van der Waals surface area (Å²) in [5, 5.41) is 3.95. The molecule has 5 nitrogen and oxygen atoms in total. The third-order valence-corrected chi connectivity index (χ3v) is 7.59. The zero-order chi connectivity index (χ0) is 28.3. The molecule has 0 saturated carbocycles. The summed E-state index contributed by atoms with van der Waals surface area (Å²) >= 11 is 0. The summed E-state index contributed by atoms with van der Waals surface area (Å²) in [5.74, 6) is -0.858. The minimum atomic E-state index is -0.578. The van der Waals surface area contributed by atoms with Crippen LogP contribution in [0.1, 0.15) is 27.9 Å². The molecule has 0 spiro atoms. The highest BCUT2D eigenvalue weighted by Gasteiger charge is 2.26. The highest BCUT2D eigenvalue weighted by molar-refractivity contribution is 5.97. The number of benzene rings is 3. The summed E-state index contributed by atoms with van der Waals surface area (Å²) < 4.78 is 28.9. The molecule has 0 atom stereocenters. The van der Waals surface area contributed by atoms with Crippen LogP contribution < -0.4 is 5.32 Å². The molecule has 206 valence electrons. The number of rotatable bonds is 6. The zero-order valence-corrected chi connectivity index (χ0v) is 22.8. The van der Waals surface area contributed by atoms with Gasteiger partial charge in [-0.3, -0.25) is 9.47 Å². The van der Waals surface area contributed by atoms with Crippen molar-refractivity contribution in [3.8, 4) is 11.1 Å². The van der Waals surface area contributed by atoms with Gasteiger partial charge >= 0.3 is 6.03 Å². The lowest BCUT2D eigenvalue weighted by Crippen LogP contribution is -2.34. The predicted octanol–water partition coefficient (Wildman–Crippen LogP) is 7.12. The monoisotopic (exact) mass is 548 g/mol. The molecule has 0 unspecified atom stereocenters. The highest BCUT2D eigenvalue weighted by atomic mass is 19.1. The first-order valence-corrected chi connectivity index (χ1v) is 13.7. The number of amides is 1. The van der Waals surface area contributed by atoms with Crippen molar-refractivity contribution in [1.82, 2.24) is 19.8 Å². The van der Waals surface area contributed by atoms with Crippen LogP contribution in [0.5, 0.6) is 0 Å². The lowest BCUT2D eigenvalue weighted by atomic mass is 10.00. The van der Waals surface area contributed by atoms with Gasteiger partial charge in [-0.15, -0.1) is 0 Å². The van der Waals surface area contributed by atoms with Gasteiger partial charge in [-0.1, -0.05) is 60.2 Å². The minimum absolute atomic E-state index is 0.191. The number of fused-ring (bicyclic) bond motifs is 3. The molecule has 6 rings (SSSR count). The third kappa shape index (κ3) is 5.81. The van der Waals surface area contributed by atoms with Crippen molar-refractivity contribution in [2.75, 3.05) is 13.1 Å². The molecule has 41 heavy (non-hydrogen) atoms. The fourth-order valence-corrected chi connectivity index (χ4v) is 5.45. The summed E-state index contributed by atoms with van der Waals surface area (Å²) in [6, 6.07) is 23.7. The van der Waals surface area contributed by atoms with Crippen LogP contribution in [0.3, 0.4) is 0 Å². The van der Waals surface area contributed by atoms with Crippen LogP contribution in [0, 0.1) is 18.7 Å². The SMILES string of the molecule is Cc1ccc(/C=C/CN2CCc3c(c4cc(-c5ccc(F)cc5)ccc4n3C(=O)NCc3ccnc(F)c3)C2)cc1. The summed E-state index contributed by atoms with van der Waals surface area (Å²) in [6.45, 7) is 4.58. The van der Waals surface area contributed by atoms with Crippen molar-refractivity contribution in [2.24, 2.45) is 0 Å². The zero-order valence-electron chi connectivity index (χ0n) is 22.8. The number of hydrogen-bond acceptors (Lipinski definition) is 3. The van der Waals surface area contributed by atoms with Crippen molar-refractivity contribution >= 4 is 23.0 Å². The van der Waals surface area contributed by atoms with E-state index in [4.69, 9.17) is 0 Å². The van der Waals surface area contributed by atoms with Gasteiger partial charge in [0.05, 0.1) is 5.52 Å². The molecule has 7 heteroatoms. The molecular formula is C34H30F2N4O. The summed E-state index contributed by atoms with van der Waals surface area (Å²) in [7, 11) is 0. The van der Waals surface area contributed by atoms with Crippen molar-refractivity contribution in [1.29, 1.82) is 0 Å². The van der Waals surface area contributed by atoms with Gasteiger partial charge in [0.2, 0.25) is 5.95 Å². The van der Waals surface area contributed by atoms with Gasteiger partial charge in [0.15, 0.2) is 0 Å². The molecule has 1 N–H and O–H groups in total. The van der Waals surface area contributed by atoms with Crippen LogP contribution in [0.4, 0.5) is 13.6 Å². The normalized spacial score (nSPS) is 13.5. The predicted molar refractivity (Wildman–Crippen MR) is 158 cm³/mol. The molecular weight excluding hydrogens is 518 g/mol. The number of nitrogens with zero attached hydrogens (tertiary/aromatic N) is 3. The Bertz CT molecular complexity index is 1740. The minimum Gasteiger partial charge on any atom is -0.333 e. The van der Waals surface area contributed by atoms with Gasteiger partial charge in [-0.25, -0.2) is 14.2 Å². The van der Waals surface area contributed by atoms with E-state index in [2.05, 4.69) is 64.6 Å². The average Bonchev–Trinajstić information content (AvgIpc) is 3.30. The molecule has 3 heterocycles.